The van der Waals surface area contributed by atoms with Gasteiger partial charge in [-0.25, -0.2) is 4.79 Å². The molecular weight excluding hydrogens is 394 g/mol. The number of likely N-dealkylation sites (N-methyl/N-ethyl adjacent to an activating group) is 1. The van der Waals surface area contributed by atoms with Crippen molar-refractivity contribution in [2.75, 3.05) is 39.2 Å². The fourth-order valence-electron chi connectivity index (χ4n) is 2.90. The molecule has 0 saturated heterocycles. The molecule has 0 saturated carbocycles. The van der Waals surface area contributed by atoms with E-state index in [0.29, 0.717) is 30.4 Å². The van der Waals surface area contributed by atoms with Gasteiger partial charge in [-0.05, 0) is 23.8 Å². The average Bonchev–Trinajstić information content (AvgIpc) is 2.76. The van der Waals surface area contributed by atoms with Gasteiger partial charge in [0, 0.05) is 38.5 Å². The molecule has 0 fully saturated rings. The summed E-state index contributed by atoms with van der Waals surface area (Å²) in [5.74, 6) is 0.0281. The number of non-ortho nitro benzene ring substituents is 1. The lowest BCUT2D eigenvalue weighted by atomic mass is 10.1. The second kappa shape index (κ2) is 9.12. The Balaban J connectivity index is 1.60. The zero-order chi connectivity index (χ0) is 21.7. The Hall–Kier alpha value is -3.82. The highest BCUT2D eigenvalue weighted by molar-refractivity contribution is 5.97. The topological polar surface area (TPSA) is 120 Å². The predicted octanol–water partition coefficient (Wildman–Crippen LogP) is 2.22. The van der Waals surface area contributed by atoms with Crippen LogP contribution in [0.1, 0.15) is 15.9 Å². The molecule has 0 aliphatic carbocycles. The van der Waals surface area contributed by atoms with Crippen molar-refractivity contribution < 1.29 is 28.7 Å². The Kier molecular flexibility index (Phi) is 6.35. The second-order valence-electron chi connectivity index (χ2n) is 6.54. The fourth-order valence-corrected chi connectivity index (χ4v) is 2.90. The van der Waals surface area contributed by atoms with Gasteiger partial charge >= 0.3 is 5.97 Å². The minimum atomic E-state index is -0.830. The number of amides is 1. The molecule has 2 aromatic rings. The predicted molar refractivity (Wildman–Crippen MR) is 107 cm³/mol. The largest absolute Gasteiger partial charge is 0.486 e. The highest BCUT2D eigenvalue weighted by Crippen LogP contribution is 2.31. The molecule has 0 spiro atoms. The van der Waals surface area contributed by atoms with Crippen molar-refractivity contribution in [2.24, 2.45) is 0 Å². The summed E-state index contributed by atoms with van der Waals surface area (Å²) in [4.78, 5) is 36.5. The minimum Gasteiger partial charge on any atom is -0.486 e. The van der Waals surface area contributed by atoms with Crippen molar-refractivity contribution >= 4 is 23.3 Å². The Morgan fingerprint density at radius 2 is 1.90 bits per heavy atom. The lowest BCUT2D eigenvalue weighted by molar-refractivity contribution is -0.384. The number of nitrogens with zero attached hydrogens (tertiary/aromatic N) is 2. The third-order valence-corrected chi connectivity index (χ3v) is 4.48. The number of nitro benzene ring substituents is 1. The molecule has 2 aromatic carbocycles. The zero-order valence-corrected chi connectivity index (χ0v) is 16.5. The summed E-state index contributed by atoms with van der Waals surface area (Å²) in [6.45, 7) is 0.751. The third kappa shape index (κ3) is 4.77. The molecule has 1 amide bonds. The van der Waals surface area contributed by atoms with Crippen LogP contribution in [-0.4, -0.2) is 55.6 Å². The van der Waals surface area contributed by atoms with Crippen LogP contribution >= 0.6 is 0 Å². The molecule has 1 heterocycles. The first-order valence-electron chi connectivity index (χ1n) is 9.15. The lowest BCUT2D eigenvalue weighted by Gasteiger charge is -2.21. The zero-order valence-electron chi connectivity index (χ0n) is 16.5. The first-order chi connectivity index (χ1) is 14.4. The fraction of sp³-hybridized carbons (Fsp3) is 0.300. The van der Waals surface area contributed by atoms with E-state index >= 15 is 0 Å². The van der Waals surface area contributed by atoms with E-state index in [-0.39, 0.29) is 17.8 Å². The van der Waals surface area contributed by atoms with Crippen LogP contribution in [0.25, 0.3) is 0 Å². The molecular formula is C20H21N3O7. The van der Waals surface area contributed by atoms with Gasteiger partial charge in [-0.2, -0.15) is 0 Å². The van der Waals surface area contributed by atoms with Gasteiger partial charge < -0.3 is 24.4 Å². The summed E-state index contributed by atoms with van der Waals surface area (Å²) in [6.07, 6.45) is 0. The average molecular weight is 415 g/mol. The van der Waals surface area contributed by atoms with Crippen molar-refractivity contribution in [1.29, 1.82) is 0 Å². The van der Waals surface area contributed by atoms with Crippen LogP contribution in [0.3, 0.4) is 0 Å². The second-order valence-corrected chi connectivity index (χ2v) is 6.54. The number of fused-ring (bicyclic) bond motifs is 1. The number of esters is 1. The lowest BCUT2D eigenvalue weighted by Crippen LogP contribution is -2.31. The van der Waals surface area contributed by atoms with Gasteiger partial charge in [0.1, 0.15) is 13.2 Å². The van der Waals surface area contributed by atoms with Crippen LogP contribution in [-0.2, 0) is 16.1 Å². The molecule has 30 heavy (non-hydrogen) atoms. The summed E-state index contributed by atoms with van der Waals surface area (Å²) in [5.41, 5.74) is 0.928. The maximum atomic E-state index is 12.4. The first kappa shape index (κ1) is 20.9. The van der Waals surface area contributed by atoms with E-state index in [2.05, 4.69) is 5.32 Å². The number of hydrogen-bond donors (Lipinski definition) is 1. The summed E-state index contributed by atoms with van der Waals surface area (Å²) >= 11 is 0. The van der Waals surface area contributed by atoms with E-state index in [4.69, 9.17) is 14.2 Å². The molecule has 3 rings (SSSR count). The Bertz CT molecular complexity index is 977. The van der Waals surface area contributed by atoms with Gasteiger partial charge in [-0.1, -0.05) is 6.07 Å². The molecule has 1 aliphatic heterocycles. The quantitative estimate of drug-likeness (QED) is 0.415. The Labute approximate surface area is 172 Å². The van der Waals surface area contributed by atoms with Crippen molar-refractivity contribution in [2.45, 2.75) is 6.54 Å². The monoisotopic (exact) mass is 415 g/mol. The van der Waals surface area contributed by atoms with E-state index < -0.39 is 23.4 Å². The molecule has 0 atom stereocenters. The van der Waals surface area contributed by atoms with E-state index in [0.717, 1.165) is 11.6 Å². The number of hydrogen-bond acceptors (Lipinski definition) is 8. The maximum Gasteiger partial charge on any atom is 0.341 e. The van der Waals surface area contributed by atoms with Gasteiger partial charge in [-0.3, -0.25) is 14.9 Å². The SMILES string of the molecule is CNc1ccc([N+](=O)[O-])cc1C(=O)OCC(=O)N(C)Cc1ccc2c(c1)OCCO2. The number of benzene rings is 2. The van der Waals surface area contributed by atoms with Gasteiger partial charge in [0.15, 0.2) is 18.1 Å². The maximum absolute atomic E-state index is 12.4. The van der Waals surface area contributed by atoms with Crippen molar-refractivity contribution in [3.63, 3.8) is 0 Å². The van der Waals surface area contributed by atoms with Gasteiger partial charge in [-0.15, -0.1) is 0 Å². The molecule has 10 nitrogen and oxygen atoms in total. The summed E-state index contributed by atoms with van der Waals surface area (Å²) in [5, 5.41) is 13.7. The van der Waals surface area contributed by atoms with Gasteiger partial charge in [0.25, 0.3) is 11.6 Å². The highest BCUT2D eigenvalue weighted by Gasteiger charge is 2.20. The molecule has 1 aliphatic rings. The van der Waals surface area contributed by atoms with Crippen LogP contribution in [0.2, 0.25) is 0 Å². The molecule has 0 aromatic heterocycles. The van der Waals surface area contributed by atoms with Crippen LogP contribution in [0.15, 0.2) is 36.4 Å². The summed E-state index contributed by atoms with van der Waals surface area (Å²) < 4.78 is 16.1. The standard InChI is InChI=1S/C20H21N3O7/c1-21-16-5-4-14(23(26)27)10-15(16)20(25)30-12-19(24)22(2)11-13-3-6-17-18(9-13)29-8-7-28-17/h3-6,9-10,21H,7-8,11-12H2,1-2H3. The molecule has 0 bridgehead atoms. The van der Waals surface area contributed by atoms with E-state index in [1.165, 1.54) is 17.0 Å². The van der Waals surface area contributed by atoms with Crippen LogP contribution < -0.4 is 14.8 Å². The third-order valence-electron chi connectivity index (χ3n) is 4.48. The van der Waals surface area contributed by atoms with E-state index in [1.54, 1.807) is 26.2 Å². The van der Waals surface area contributed by atoms with Crippen molar-refractivity contribution in [1.82, 2.24) is 4.90 Å². The van der Waals surface area contributed by atoms with E-state index in [1.807, 2.05) is 6.07 Å². The number of nitrogens with one attached hydrogen (secondary N) is 1. The number of carbonyl (C=O) groups is 2. The number of rotatable bonds is 7. The van der Waals surface area contributed by atoms with Gasteiger partial charge in [0.2, 0.25) is 0 Å². The first-order valence-corrected chi connectivity index (χ1v) is 9.15. The van der Waals surface area contributed by atoms with Crippen molar-refractivity contribution in [3.05, 3.63) is 57.6 Å². The van der Waals surface area contributed by atoms with Gasteiger partial charge in [0.05, 0.1) is 10.5 Å². The number of carbonyl (C=O) groups excluding carboxylic acids is 2. The highest BCUT2D eigenvalue weighted by atomic mass is 16.6. The molecule has 0 radical (unpaired) electrons. The number of nitro groups is 1. The number of ether oxygens (including phenoxy) is 3. The minimum absolute atomic E-state index is 0.0195. The van der Waals surface area contributed by atoms with Crippen molar-refractivity contribution in [3.8, 4) is 11.5 Å². The summed E-state index contributed by atoms with van der Waals surface area (Å²) in [6, 6.07) is 9.19. The normalized spacial score (nSPS) is 12.1. The van der Waals surface area contributed by atoms with E-state index in [9.17, 15) is 19.7 Å². The smallest absolute Gasteiger partial charge is 0.341 e. The molecule has 0 unspecified atom stereocenters. The molecule has 10 heteroatoms. The molecule has 158 valence electrons. The van der Waals surface area contributed by atoms with Crippen LogP contribution in [0, 0.1) is 10.1 Å². The number of anilines is 1. The van der Waals surface area contributed by atoms with Crippen LogP contribution in [0.4, 0.5) is 11.4 Å². The Morgan fingerprint density at radius 3 is 2.60 bits per heavy atom. The molecule has 1 N–H and O–H groups in total. The van der Waals surface area contributed by atoms with Crippen LogP contribution in [0.5, 0.6) is 11.5 Å². The Morgan fingerprint density at radius 1 is 1.17 bits per heavy atom. The summed E-state index contributed by atoms with van der Waals surface area (Å²) in [7, 11) is 3.16.